The molecule has 2 aromatic rings. The number of rotatable bonds is 3. The van der Waals surface area contributed by atoms with E-state index in [4.69, 9.17) is 0 Å². The van der Waals surface area contributed by atoms with E-state index in [2.05, 4.69) is 89.8 Å². The van der Waals surface area contributed by atoms with Crippen LogP contribution in [0.15, 0.2) is 30.5 Å². The smallest absolute Gasteiger partial charge is 0.161 e. The molecule has 2 rings (SSSR count). The molecule has 1 heterocycles. The van der Waals surface area contributed by atoms with Crippen molar-refractivity contribution in [2.45, 2.75) is 33.1 Å². The Labute approximate surface area is 134 Å². The van der Waals surface area contributed by atoms with Crippen molar-refractivity contribution in [2.24, 2.45) is 0 Å². The fourth-order valence-electron chi connectivity index (χ4n) is 1.92. The number of hydrogen-bond donors (Lipinski definition) is 1. The predicted octanol–water partition coefficient (Wildman–Crippen LogP) is 4.48. The molecule has 0 saturated carbocycles. The number of hydrogen-bond acceptors (Lipinski definition) is 3. The molecule has 20 heavy (non-hydrogen) atoms. The van der Waals surface area contributed by atoms with Gasteiger partial charge in [-0.15, -0.1) is 0 Å². The van der Waals surface area contributed by atoms with Gasteiger partial charge in [0, 0.05) is 18.3 Å². The Morgan fingerprint density at radius 1 is 1.15 bits per heavy atom. The highest BCUT2D eigenvalue weighted by atomic mass is 127. The van der Waals surface area contributed by atoms with Crippen LogP contribution in [0.25, 0.3) is 11.4 Å². The second-order valence-corrected chi connectivity index (χ2v) is 6.91. The second kappa shape index (κ2) is 6.08. The Morgan fingerprint density at radius 2 is 1.80 bits per heavy atom. The number of anilines is 1. The first-order valence-electron chi connectivity index (χ1n) is 6.79. The zero-order valence-corrected chi connectivity index (χ0v) is 14.5. The summed E-state index contributed by atoms with van der Waals surface area (Å²) in [7, 11) is 0. The van der Waals surface area contributed by atoms with Crippen molar-refractivity contribution in [1.29, 1.82) is 0 Å². The van der Waals surface area contributed by atoms with Crippen LogP contribution in [-0.2, 0) is 5.41 Å². The molecule has 0 bridgehead atoms. The Kier molecular flexibility index (Phi) is 4.62. The molecule has 1 aromatic carbocycles. The fraction of sp³-hybridized carbons (Fsp3) is 0.375. The summed E-state index contributed by atoms with van der Waals surface area (Å²) in [6.07, 6.45) is 1.86. The van der Waals surface area contributed by atoms with Gasteiger partial charge < -0.3 is 5.32 Å². The molecule has 4 heteroatoms. The second-order valence-electron chi connectivity index (χ2n) is 5.75. The third-order valence-electron chi connectivity index (χ3n) is 3.10. The quantitative estimate of drug-likeness (QED) is 0.797. The molecule has 0 spiro atoms. The summed E-state index contributed by atoms with van der Waals surface area (Å²) in [5.74, 6) is 1.67. The number of aromatic nitrogens is 2. The van der Waals surface area contributed by atoms with Gasteiger partial charge in [-0.05, 0) is 40.5 Å². The average molecular weight is 381 g/mol. The van der Waals surface area contributed by atoms with E-state index in [0.29, 0.717) is 0 Å². The highest BCUT2D eigenvalue weighted by Crippen LogP contribution is 2.25. The van der Waals surface area contributed by atoms with E-state index < -0.39 is 0 Å². The molecule has 1 N–H and O–H groups in total. The standard InChI is InChI=1S/C16H20IN3/c1-5-18-15-13(17)10-19-14(20-15)11-6-8-12(9-7-11)16(2,3)4/h6-10H,5H2,1-4H3,(H,18,19,20). The first-order valence-corrected chi connectivity index (χ1v) is 7.87. The van der Waals surface area contributed by atoms with Crippen LogP contribution in [0.3, 0.4) is 0 Å². The molecular formula is C16H20IN3. The van der Waals surface area contributed by atoms with Crippen LogP contribution in [0, 0.1) is 3.57 Å². The first-order chi connectivity index (χ1) is 9.41. The zero-order valence-electron chi connectivity index (χ0n) is 12.4. The normalized spacial score (nSPS) is 11.4. The van der Waals surface area contributed by atoms with Crippen molar-refractivity contribution in [3.63, 3.8) is 0 Å². The number of halogens is 1. The van der Waals surface area contributed by atoms with E-state index in [1.165, 1.54) is 5.56 Å². The highest BCUT2D eigenvalue weighted by Gasteiger charge is 2.14. The van der Waals surface area contributed by atoms with Crippen molar-refractivity contribution < 1.29 is 0 Å². The van der Waals surface area contributed by atoms with Crippen LogP contribution in [0.4, 0.5) is 5.82 Å². The largest absolute Gasteiger partial charge is 0.369 e. The lowest BCUT2D eigenvalue weighted by atomic mass is 9.87. The van der Waals surface area contributed by atoms with Gasteiger partial charge in [0.2, 0.25) is 0 Å². The van der Waals surface area contributed by atoms with Crippen LogP contribution >= 0.6 is 22.6 Å². The van der Waals surface area contributed by atoms with Gasteiger partial charge >= 0.3 is 0 Å². The van der Waals surface area contributed by atoms with E-state index in [-0.39, 0.29) is 5.41 Å². The van der Waals surface area contributed by atoms with E-state index in [9.17, 15) is 0 Å². The summed E-state index contributed by atoms with van der Waals surface area (Å²) in [4.78, 5) is 9.02. The van der Waals surface area contributed by atoms with Gasteiger partial charge in [0.25, 0.3) is 0 Å². The molecule has 0 unspecified atom stereocenters. The third kappa shape index (κ3) is 3.48. The Hall–Kier alpha value is -1.17. The summed E-state index contributed by atoms with van der Waals surface area (Å²) in [5.41, 5.74) is 2.53. The summed E-state index contributed by atoms with van der Waals surface area (Å²) in [5, 5.41) is 3.26. The van der Waals surface area contributed by atoms with Gasteiger partial charge in [-0.3, -0.25) is 0 Å². The molecule has 0 aliphatic heterocycles. The topological polar surface area (TPSA) is 37.8 Å². The highest BCUT2D eigenvalue weighted by molar-refractivity contribution is 14.1. The molecule has 0 radical (unpaired) electrons. The minimum atomic E-state index is 0.167. The van der Waals surface area contributed by atoms with Crippen LogP contribution in [0.5, 0.6) is 0 Å². The maximum Gasteiger partial charge on any atom is 0.161 e. The Bertz CT molecular complexity index is 586. The molecular weight excluding hydrogens is 361 g/mol. The molecule has 1 aromatic heterocycles. The van der Waals surface area contributed by atoms with Crippen LogP contribution in [0.1, 0.15) is 33.3 Å². The maximum atomic E-state index is 4.59. The van der Waals surface area contributed by atoms with Gasteiger partial charge in [-0.2, -0.15) is 0 Å². The lowest BCUT2D eigenvalue weighted by Gasteiger charge is -2.19. The predicted molar refractivity (Wildman–Crippen MR) is 93.0 cm³/mol. The molecule has 0 aliphatic carbocycles. The average Bonchev–Trinajstić information content (AvgIpc) is 2.41. The molecule has 0 amide bonds. The first kappa shape index (κ1) is 15.2. The minimum absolute atomic E-state index is 0.167. The fourth-order valence-corrected chi connectivity index (χ4v) is 2.37. The Morgan fingerprint density at radius 3 is 2.35 bits per heavy atom. The van der Waals surface area contributed by atoms with Crippen molar-refractivity contribution in [1.82, 2.24) is 9.97 Å². The van der Waals surface area contributed by atoms with Crippen molar-refractivity contribution in [3.8, 4) is 11.4 Å². The summed E-state index contributed by atoms with van der Waals surface area (Å²) in [6.45, 7) is 9.57. The monoisotopic (exact) mass is 381 g/mol. The summed E-state index contributed by atoms with van der Waals surface area (Å²) in [6, 6.07) is 8.50. The molecule has 106 valence electrons. The van der Waals surface area contributed by atoms with E-state index in [0.717, 1.165) is 27.3 Å². The van der Waals surface area contributed by atoms with Crippen LogP contribution in [-0.4, -0.2) is 16.5 Å². The molecule has 0 fully saturated rings. The van der Waals surface area contributed by atoms with Crippen LogP contribution in [0.2, 0.25) is 0 Å². The zero-order chi connectivity index (χ0) is 14.8. The summed E-state index contributed by atoms with van der Waals surface area (Å²) >= 11 is 2.25. The van der Waals surface area contributed by atoms with Crippen LogP contribution < -0.4 is 5.32 Å². The van der Waals surface area contributed by atoms with Gasteiger partial charge in [-0.25, -0.2) is 9.97 Å². The van der Waals surface area contributed by atoms with E-state index in [1.54, 1.807) is 0 Å². The molecule has 0 saturated heterocycles. The van der Waals surface area contributed by atoms with E-state index >= 15 is 0 Å². The Balaban J connectivity index is 2.34. The van der Waals surface area contributed by atoms with Gasteiger partial charge in [0.05, 0.1) is 3.57 Å². The molecule has 0 aliphatic rings. The maximum absolute atomic E-state index is 4.59. The third-order valence-corrected chi connectivity index (χ3v) is 3.89. The van der Waals surface area contributed by atoms with E-state index in [1.807, 2.05) is 6.20 Å². The van der Waals surface area contributed by atoms with Gasteiger partial charge in [0.1, 0.15) is 5.82 Å². The molecule has 3 nitrogen and oxygen atoms in total. The van der Waals surface area contributed by atoms with Gasteiger partial charge in [0.15, 0.2) is 5.82 Å². The number of nitrogens with one attached hydrogen (secondary N) is 1. The number of benzene rings is 1. The number of nitrogens with zero attached hydrogens (tertiary/aromatic N) is 2. The minimum Gasteiger partial charge on any atom is -0.369 e. The molecule has 0 atom stereocenters. The lowest BCUT2D eigenvalue weighted by Crippen LogP contribution is -2.10. The summed E-state index contributed by atoms with van der Waals surface area (Å²) < 4.78 is 1.04. The van der Waals surface area contributed by atoms with Gasteiger partial charge in [-0.1, -0.05) is 45.0 Å². The lowest BCUT2D eigenvalue weighted by molar-refractivity contribution is 0.590. The van der Waals surface area contributed by atoms with Crippen molar-refractivity contribution in [2.75, 3.05) is 11.9 Å². The SMILES string of the molecule is CCNc1nc(-c2ccc(C(C)(C)C)cc2)ncc1I. The van der Waals surface area contributed by atoms with Crippen molar-refractivity contribution >= 4 is 28.4 Å². The van der Waals surface area contributed by atoms with Crippen molar-refractivity contribution in [3.05, 3.63) is 39.6 Å².